The molecular weight excluding hydrogens is 500 g/mol. The van der Waals surface area contributed by atoms with Crippen LogP contribution in [0, 0.1) is 0 Å². The van der Waals surface area contributed by atoms with Gasteiger partial charge < -0.3 is 20.5 Å². The average molecular weight is 524 g/mol. The lowest BCUT2D eigenvalue weighted by Gasteiger charge is -2.11. The van der Waals surface area contributed by atoms with Crippen molar-refractivity contribution in [2.24, 2.45) is 0 Å². The highest BCUT2D eigenvalue weighted by Crippen LogP contribution is 2.41. The van der Waals surface area contributed by atoms with E-state index in [-0.39, 0.29) is 23.1 Å². The van der Waals surface area contributed by atoms with E-state index < -0.39 is 0 Å². The fourth-order valence-corrected chi connectivity index (χ4v) is 5.74. The molecule has 0 amide bonds. The van der Waals surface area contributed by atoms with Crippen molar-refractivity contribution in [2.45, 2.75) is 12.8 Å². The third-order valence-corrected chi connectivity index (χ3v) is 7.75. The lowest BCUT2D eigenvalue weighted by Crippen LogP contribution is -2.09. The minimum absolute atomic E-state index is 0.00227. The molecule has 0 fully saturated rings. The Morgan fingerprint density at radius 1 is 0.650 bits per heavy atom. The van der Waals surface area contributed by atoms with Crippen molar-refractivity contribution in [3.05, 3.63) is 142 Å². The van der Waals surface area contributed by atoms with Gasteiger partial charge in [0.05, 0.1) is 11.4 Å². The van der Waals surface area contributed by atoms with Gasteiger partial charge >= 0.3 is 0 Å². The Hall–Kier alpha value is -5.36. The van der Waals surface area contributed by atoms with Crippen LogP contribution in [0.25, 0.3) is 22.2 Å². The molecule has 0 radical (unpaired) electrons. The Balaban J connectivity index is 0.000000132. The molecule has 0 saturated carbocycles. The van der Waals surface area contributed by atoms with Crippen molar-refractivity contribution in [3.63, 3.8) is 0 Å². The summed E-state index contributed by atoms with van der Waals surface area (Å²) in [6.07, 6.45) is 1.09. The number of hydrogen-bond acceptors (Lipinski definition) is 5. The van der Waals surface area contributed by atoms with Crippen LogP contribution in [0.15, 0.2) is 108 Å². The topological polar surface area (TPSA) is 105 Å². The number of rotatable bonds is 1. The highest BCUT2D eigenvalue weighted by atomic mass is 16.3. The molecule has 5 aromatic rings. The number of aromatic hydroxyl groups is 1. The van der Waals surface area contributed by atoms with Crippen LogP contribution in [0.5, 0.6) is 5.75 Å². The molecule has 0 spiro atoms. The first kappa shape index (κ1) is 23.7. The van der Waals surface area contributed by atoms with Crippen molar-refractivity contribution in [1.82, 2.24) is 4.98 Å². The number of H-pyrrole nitrogens is 1. The lowest BCUT2D eigenvalue weighted by atomic mass is 10.1. The van der Waals surface area contributed by atoms with Crippen LogP contribution in [-0.2, 0) is 12.8 Å². The summed E-state index contributed by atoms with van der Waals surface area (Å²) >= 11 is 0. The van der Waals surface area contributed by atoms with Gasteiger partial charge in [-0.15, -0.1) is 0 Å². The van der Waals surface area contributed by atoms with Crippen LogP contribution >= 0.6 is 0 Å². The molecule has 6 nitrogen and oxygen atoms in total. The SMILES string of the molecule is O=C1/C(=C2\Nc3ccccc3C2=O)Cc2ccccc21.[O-]C1=C(c2[nH]c3ccccc3c2O)Cc2ccccc21. The number of benzene rings is 4. The molecule has 2 aliphatic carbocycles. The van der Waals surface area contributed by atoms with Gasteiger partial charge in [0, 0.05) is 39.7 Å². The summed E-state index contributed by atoms with van der Waals surface area (Å²) < 4.78 is 0. The summed E-state index contributed by atoms with van der Waals surface area (Å²) in [6, 6.07) is 30.0. The van der Waals surface area contributed by atoms with E-state index in [1.165, 1.54) is 0 Å². The number of ketones is 2. The fraction of sp³-hybridized carbons (Fsp3) is 0.0588. The third-order valence-electron chi connectivity index (χ3n) is 7.75. The first-order valence-corrected chi connectivity index (χ1v) is 13.1. The first-order valence-electron chi connectivity index (χ1n) is 13.1. The van der Waals surface area contributed by atoms with Gasteiger partial charge in [0.15, 0.2) is 5.78 Å². The summed E-state index contributed by atoms with van der Waals surface area (Å²) in [5.41, 5.74) is 7.92. The number of aromatic amines is 1. The summed E-state index contributed by atoms with van der Waals surface area (Å²) in [4.78, 5) is 28.0. The second kappa shape index (κ2) is 9.13. The number of fused-ring (bicyclic) bond motifs is 4. The van der Waals surface area contributed by atoms with E-state index in [1.54, 1.807) is 6.07 Å². The average Bonchev–Trinajstić information content (AvgIpc) is 3.71. The Kier molecular flexibility index (Phi) is 5.42. The van der Waals surface area contributed by atoms with Crippen LogP contribution in [0.3, 0.4) is 0 Å². The lowest BCUT2D eigenvalue weighted by molar-refractivity contribution is -0.242. The summed E-state index contributed by atoms with van der Waals surface area (Å²) in [6.45, 7) is 0. The largest absolute Gasteiger partial charge is 0.872 e. The maximum Gasteiger partial charge on any atom is 0.211 e. The third kappa shape index (κ3) is 3.65. The van der Waals surface area contributed by atoms with E-state index in [9.17, 15) is 19.8 Å². The number of aromatic nitrogens is 1. The molecule has 2 heterocycles. The Morgan fingerprint density at radius 3 is 1.95 bits per heavy atom. The van der Waals surface area contributed by atoms with E-state index in [4.69, 9.17) is 0 Å². The van der Waals surface area contributed by atoms with Crippen LogP contribution in [0.4, 0.5) is 5.69 Å². The van der Waals surface area contributed by atoms with E-state index in [0.717, 1.165) is 33.3 Å². The van der Waals surface area contributed by atoms with Gasteiger partial charge in [-0.25, -0.2) is 0 Å². The highest BCUT2D eigenvalue weighted by molar-refractivity contribution is 6.25. The zero-order chi connectivity index (χ0) is 27.4. The predicted molar refractivity (Wildman–Crippen MR) is 153 cm³/mol. The van der Waals surface area contributed by atoms with E-state index in [1.807, 2.05) is 91.0 Å². The second-order valence-electron chi connectivity index (χ2n) is 10.1. The van der Waals surface area contributed by atoms with Gasteiger partial charge in [0.2, 0.25) is 5.78 Å². The molecular formula is C34H23N2O4-. The molecule has 6 heteroatoms. The fourth-order valence-electron chi connectivity index (χ4n) is 5.74. The van der Waals surface area contributed by atoms with Crippen LogP contribution < -0.4 is 10.4 Å². The smallest absolute Gasteiger partial charge is 0.211 e. The number of hydrogen-bond donors (Lipinski definition) is 3. The number of Topliss-reactive ketones (excluding diaryl/α,β-unsaturated/α-hetero) is 2. The zero-order valence-corrected chi connectivity index (χ0v) is 21.3. The predicted octanol–water partition coefficient (Wildman–Crippen LogP) is 5.65. The number of nitrogens with one attached hydrogen (secondary N) is 2. The number of allylic oxidation sites excluding steroid dienone is 3. The molecule has 4 aromatic carbocycles. The second-order valence-corrected chi connectivity index (χ2v) is 10.1. The van der Waals surface area contributed by atoms with Gasteiger partial charge in [-0.1, -0.05) is 78.6 Å². The minimum atomic E-state index is -0.0863. The number of carbonyl (C=O) groups is 2. The van der Waals surface area contributed by atoms with Gasteiger partial charge in [-0.2, -0.15) is 0 Å². The van der Waals surface area contributed by atoms with Crippen molar-refractivity contribution in [3.8, 4) is 5.75 Å². The van der Waals surface area contributed by atoms with Crippen molar-refractivity contribution < 1.29 is 19.8 Å². The van der Waals surface area contributed by atoms with Crippen LogP contribution in [0.2, 0.25) is 0 Å². The molecule has 40 heavy (non-hydrogen) atoms. The highest BCUT2D eigenvalue weighted by Gasteiger charge is 2.34. The van der Waals surface area contributed by atoms with E-state index in [0.29, 0.717) is 46.5 Å². The molecule has 0 unspecified atom stereocenters. The standard InChI is InChI=1S/C17H13NO2.C17H11NO2/c2*19-16-11-6-2-1-5-10(11)9-13(16)15-17(20)12-7-3-4-8-14(12)18-15/h1-8,18-20H,9H2;1-8,18H,9H2/p-1/b;15-13-. The number of carbonyl (C=O) groups excluding carboxylic acids is 2. The molecule has 0 bridgehead atoms. The number of para-hydroxylation sites is 2. The first-order chi connectivity index (χ1) is 19.5. The van der Waals surface area contributed by atoms with E-state index >= 15 is 0 Å². The molecule has 0 saturated heterocycles. The maximum atomic E-state index is 12.5. The molecule has 0 atom stereocenters. The van der Waals surface area contributed by atoms with Crippen molar-refractivity contribution >= 4 is 39.5 Å². The van der Waals surface area contributed by atoms with Gasteiger partial charge in [0.25, 0.3) is 0 Å². The van der Waals surface area contributed by atoms with Gasteiger partial charge in [-0.05, 0) is 52.9 Å². The summed E-state index contributed by atoms with van der Waals surface area (Å²) in [7, 11) is 0. The van der Waals surface area contributed by atoms with Gasteiger partial charge in [-0.3, -0.25) is 9.59 Å². The number of anilines is 1. The summed E-state index contributed by atoms with van der Waals surface area (Å²) in [5.74, 6) is 0.0419. The quantitative estimate of drug-likeness (QED) is 0.247. The zero-order valence-electron chi connectivity index (χ0n) is 21.3. The van der Waals surface area contributed by atoms with Crippen molar-refractivity contribution in [1.29, 1.82) is 0 Å². The van der Waals surface area contributed by atoms with Crippen LogP contribution in [0.1, 0.15) is 43.1 Å². The van der Waals surface area contributed by atoms with E-state index in [2.05, 4.69) is 10.3 Å². The Morgan fingerprint density at radius 2 is 1.25 bits per heavy atom. The van der Waals surface area contributed by atoms with Gasteiger partial charge in [0.1, 0.15) is 5.75 Å². The molecule has 1 aromatic heterocycles. The molecule has 3 aliphatic rings. The van der Waals surface area contributed by atoms with Crippen molar-refractivity contribution in [2.75, 3.05) is 5.32 Å². The molecule has 3 N–H and O–H groups in total. The Labute approximate surface area is 229 Å². The molecule has 194 valence electrons. The van der Waals surface area contributed by atoms with Crippen LogP contribution in [-0.4, -0.2) is 21.7 Å². The summed E-state index contributed by atoms with van der Waals surface area (Å²) in [5, 5.41) is 26.6. The molecule has 8 rings (SSSR count). The maximum absolute atomic E-state index is 12.5. The Bertz CT molecular complexity index is 1880. The monoisotopic (exact) mass is 523 g/mol. The normalized spacial score (nSPS) is 16.9. The minimum Gasteiger partial charge on any atom is -0.872 e. The molecule has 1 aliphatic heterocycles.